The molecule has 0 spiro atoms. The maximum atomic E-state index is 12.0. The average molecular weight is 322 g/mol. The van der Waals surface area contributed by atoms with E-state index in [-0.39, 0.29) is 24.0 Å². The van der Waals surface area contributed by atoms with E-state index in [1.807, 2.05) is 57.2 Å². The first kappa shape index (κ1) is 16.6. The van der Waals surface area contributed by atoms with E-state index in [4.69, 9.17) is 4.52 Å². The van der Waals surface area contributed by atoms with E-state index in [0.717, 1.165) is 4.88 Å². The number of hydrogen-bond acceptors (Lipinski definition) is 6. The lowest BCUT2D eigenvalue weighted by atomic mass is 10.1. The first-order valence-corrected chi connectivity index (χ1v) is 8.03. The van der Waals surface area contributed by atoms with E-state index in [1.54, 1.807) is 11.3 Å². The lowest BCUT2D eigenvalue weighted by molar-refractivity contribution is -0.123. The first-order valence-electron chi connectivity index (χ1n) is 7.15. The van der Waals surface area contributed by atoms with Crippen LogP contribution in [0.4, 0.5) is 0 Å². The molecule has 7 heteroatoms. The second-order valence-corrected chi connectivity index (χ2v) is 7.27. The Balaban J connectivity index is 1.99. The predicted molar refractivity (Wildman–Crippen MR) is 86.6 cm³/mol. The van der Waals surface area contributed by atoms with Gasteiger partial charge < -0.3 is 9.84 Å². The molecule has 0 saturated carbocycles. The van der Waals surface area contributed by atoms with Crippen LogP contribution in [0, 0.1) is 0 Å². The van der Waals surface area contributed by atoms with Crippen molar-refractivity contribution < 1.29 is 9.32 Å². The van der Waals surface area contributed by atoms with E-state index < -0.39 is 0 Å². The normalized spacial score (nSPS) is 13.4. The van der Waals surface area contributed by atoms with Gasteiger partial charge >= 0.3 is 0 Å². The van der Waals surface area contributed by atoms with Crippen LogP contribution in [0.2, 0.25) is 0 Å². The molecule has 2 aromatic heterocycles. The Morgan fingerprint density at radius 2 is 2.23 bits per heavy atom. The monoisotopic (exact) mass is 322 g/mol. The maximum absolute atomic E-state index is 12.0. The number of nitrogens with zero attached hydrogens (tertiary/aromatic N) is 3. The van der Waals surface area contributed by atoms with Gasteiger partial charge in [-0.15, -0.1) is 11.3 Å². The van der Waals surface area contributed by atoms with Crippen molar-refractivity contribution in [3.8, 4) is 10.7 Å². The quantitative estimate of drug-likeness (QED) is 0.916. The topological polar surface area (TPSA) is 71.3 Å². The van der Waals surface area contributed by atoms with Crippen molar-refractivity contribution in [3.05, 3.63) is 23.4 Å². The molecule has 0 fully saturated rings. The van der Waals surface area contributed by atoms with Crippen molar-refractivity contribution in [2.75, 3.05) is 13.6 Å². The molecule has 1 atom stereocenters. The number of nitrogens with one attached hydrogen (secondary N) is 1. The summed E-state index contributed by atoms with van der Waals surface area (Å²) in [6.07, 6.45) is 0. The molecule has 0 aliphatic rings. The molecule has 6 nitrogen and oxygen atoms in total. The minimum atomic E-state index is -0.238. The number of likely N-dealkylation sites (N-methyl/N-ethyl adjacent to an activating group) is 1. The summed E-state index contributed by atoms with van der Waals surface area (Å²) in [7, 11) is 1.86. The fourth-order valence-electron chi connectivity index (χ4n) is 1.92. The van der Waals surface area contributed by atoms with E-state index in [1.165, 1.54) is 0 Å². The summed E-state index contributed by atoms with van der Waals surface area (Å²) in [4.78, 5) is 19.2. The third-order valence-corrected chi connectivity index (χ3v) is 3.98. The van der Waals surface area contributed by atoms with Crippen LogP contribution in [0.1, 0.15) is 39.6 Å². The zero-order chi connectivity index (χ0) is 16.3. The number of aromatic nitrogens is 2. The van der Waals surface area contributed by atoms with Gasteiger partial charge in [0.05, 0.1) is 17.5 Å². The number of carbonyl (C=O) groups is 1. The van der Waals surface area contributed by atoms with E-state index in [2.05, 4.69) is 15.5 Å². The van der Waals surface area contributed by atoms with E-state index in [0.29, 0.717) is 11.7 Å². The van der Waals surface area contributed by atoms with Crippen molar-refractivity contribution >= 4 is 17.2 Å². The first-order chi connectivity index (χ1) is 10.3. The van der Waals surface area contributed by atoms with Crippen LogP contribution >= 0.6 is 11.3 Å². The summed E-state index contributed by atoms with van der Waals surface area (Å²) in [5.74, 6) is 1.07. The molecule has 0 saturated heterocycles. The van der Waals surface area contributed by atoms with Crippen LogP contribution in [-0.2, 0) is 4.79 Å². The highest BCUT2D eigenvalue weighted by atomic mass is 32.1. The van der Waals surface area contributed by atoms with Gasteiger partial charge in [0.15, 0.2) is 0 Å². The summed E-state index contributed by atoms with van der Waals surface area (Å²) >= 11 is 1.56. The highest BCUT2D eigenvalue weighted by molar-refractivity contribution is 7.13. The van der Waals surface area contributed by atoms with Gasteiger partial charge in [-0.05, 0) is 46.2 Å². The lowest BCUT2D eigenvalue weighted by Crippen LogP contribution is -2.45. The molecule has 2 heterocycles. The van der Waals surface area contributed by atoms with Gasteiger partial charge in [0.25, 0.3) is 0 Å². The summed E-state index contributed by atoms with van der Waals surface area (Å²) in [6.45, 7) is 8.09. The standard InChI is InChI=1S/C15H22N4O2S/c1-10(19(5)9-12(20)17-15(2,3)4)14-16-13(18-21-14)11-7-6-8-22-11/h6-8,10H,9H2,1-5H3,(H,17,20)/t10-/m1/s1. The Morgan fingerprint density at radius 3 is 2.82 bits per heavy atom. The number of carbonyl (C=O) groups excluding carboxylic acids is 1. The Bertz CT molecular complexity index is 616. The molecule has 1 N–H and O–H groups in total. The fourth-order valence-corrected chi connectivity index (χ4v) is 2.57. The van der Waals surface area contributed by atoms with Gasteiger partial charge in [-0.2, -0.15) is 4.98 Å². The molecule has 2 rings (SSSR count). The highest BCUT2D eigenvalue weighted by Crippen LogP contribution is 2.24. The van der Waals surface area contributed by atoms with Gasteiger partial charge in [-0.1, -0.05) is 11.2 Å². The van der Waals surface area contributed by atoms with Crippen LogP contribution in [-0.4, -0.2) is 40.1 Å². The summed E-state index contributed by atoms with van der Waals surface area (Å²) in [5, 5.41) is 8.91. The average Bonchev–Trinajstić information content (AvgIpc) is 3.06. The van der Waals surface area contributed by atoms with Crippen LogP contribution in [0.5, 0.6) is 0 Å². The number of thiophene rings is 1. The molecular formula is C15H22N4O2S. The lowest BCUT2D eigenvalue weighted by Gasteiger charge is -2.25. The van der Waals surface area contributed by atoms with Crippen molar-refractivity contribution in [3.63, 3.8) is 0 Å². The predicted octanol–water partition coefficient (Wildman–Crippen LogP) is 2.71. The molecule has 0 aliphatic carbocycles. The Labute approximate surface area is 134 Å². The summed E-state index contributed by atoms with van der Waals surface area (Å²) in [6, 6.07) is 3.76. The van der Waals surface area contributed by atoms with E-state index in [9.17, 15) is 4.79 Å². The van der Waals surface area contributed by atoms with Crippen molar-refractivity contribution in [1.82, 2.24) is 20.4 Å². The van der Waals surface area contributed by atoms with Gasteiger partial charge in [0.1, 0.15) is 0 Å². The SMILES string of the molecule is C[C@H](c1nc(-c2cccs2)no1)N(C)CC(=O)NC(C)(C)C. The Hall–Kier alpha value is -1.73. The molecule has 2 aromatic rings. The third-order valence-electron chi connectivity index (χ3n) is 3.11. The fraction of sp³-hybridized carbons (Fsp3) is 0.533. The minimum Gasteiger partial charge on any atom is -0.350 e. The van der Waals surface area contributed by atoms with Crippen molar-refractivity contribution in [2.45, 2.75) is 39.3 Å². The van der Waals surface area contributed by atoms with Crippen molar-refractivity contribution in [2.24, 2.45) is 0 Å². The molecule has 0 unspecified atom stereocenters. The van der Waals surface area contributed by atoms with E-state index >= 15 is 0 Å². The van der Waals surface area contributed by atoms with Gasteiger partial charge in [-0.25, -0.2) is 0 Å². The Morgan fingerprint density at radius 1 is 1.50 bits per heavy atom. The smallest absolute Gasteiger partial charge is 0.244 e. The Kier molecular flexibility index (Phi) is 4.97. The van der Waals surface area contributed by atoms with Gasteiger partial charge in [-0.3, -0.25) is 9.69 Å². The molecule has 120 valence electrons. The number of hydrogen-bond donors (Lipinski definition) is 1. The zero-order valence-corrected chi connectivity index (χ0v) is 14.4. The second kappa shape index (κ2) is 6.58. The highest BCUT2D eigenvalue weighted by Gasteiger charge is 2.22. The molecule has 0 bridgehead atoms. The molecule has 0 radical (unpaired) electrons. The van der Waals surface area contributed by atoms with Gasteiger partial charge in [0, 0.05) is 5.54 Å². The minimum absolute atomic E-state index is 0.0279. The number of amides is 1. The van der Waals surface area contributed by atoms with Crippen LogP contribution in [0.25, 0.3) is 10.7 Å². The number of rotatable bonds is 5. The largest absolute Gasteiger partial charge is 0.350 e. The van der Waals surface area contributed by atoms with Gasteiger partial charge in [0.2, 0.25) is 17.6 Å². The molecule has 1 amide bonds. The molecule has 22 heavy (non-hydrogen) atoms. The van der Waals surface area contributed by atoms with Crippen molar-refractivity contribution in [1.29, 1.82) is 0 Å². The van der Waals surface area contributed by atoms with Crippen LogP contribution in [0.15, 0.2) is 22.0 Å². The molecule has 0 aliphatic heterocycles. The molecular weight excluding hydrogens is 300 g/mol. The summed E-state index contributed by atoms with van der Waals surface area (Å²) < 4.78 is 5.33. The molecule has 0 aromatic carbocycles. The second-order valence-electron chi connectivity index (χ2n) is 6.32. The zero-order valence-electron chi connectivity index (χ0n) is 13.6. The third kappa shape index (κ3) is 4.38. The van der Waals surface area contributed by atoms with Crippen LogP contribution in [0.3, 0.4) is 0 Å². The van der Waals surface area contributed by atoms with Crippen LogP contribution < -0.4 is 5.32 Å². The maximum Gasteiger partial charge on any atom is 0.244 e. The summed E-state index contributed by atoms with van der Waals surface area (Å²) in [5.41, 5.74) is -0.238.